The van der Waals surface area contributed by atoms with Crippen LogP contribution in [-0.4, -0.2) is 27.2 Å². The third-order valence-electron chi connectivity index (χ3n) is 4.61. The zero-order valence-electron chi connectivity index (χ0n) is 15.3. The fourth-order valence-electron chi connectivity index (χ4n) is 3.26. The first-order chi connectivity index (χ1) is 14.0. The van der Waals surface area contributed by atoms with Crippen LogP contribution >= 0.6 is 39.3 Å². The molecule has 2 amide bonds. The smallest absolute Gasteiger partial charge is 0.293 e. The van der Waals surface area contributed by atoms with Crippen molar-refractivity contribution in [1.82, 2.24) is 9.47 Å². The molecule has 0 bridgehead atoms. The van der Waals surface area contributed by atoms with E-state index in [1.165, 1.54) is 4.90 Å². The highest BCUT2D eigenvalue weighted by Crippen LogP contribution is 2.35. The van der Waals surface area contributed by atoms with E-state index in [1.54, 1.807) is 12.2 Å². The highest BCUT2D eigenvalue weighted by molar-refractivity contribution is 9.10. The Labute approximate surface area is 186 Å². The molecule has 29 heavy (non-hydrogen) atoms. The normalized spacial score (nSPS) is 15.7. The minimum atomic E-state index is -0.284. The summed E-state index contributed by atoms with van der Waals surface area (Å²) in [4.78, 5) is 26.3. The number of benzene rings is 2. The standard InChI is InChI=1S/C22H16BrClN2O2S/c1-2-9-26-21(27)20(29-22(26)28)10-15-13-25(12-14-3-6-17(24)7-4-14)19-8-5-16(23)11-18(15)19/h2-8,10-11,13H,1,9,12H2/b20-10-. The number of thioether (sulfide) groups is 1. The number of hydrogen-bond acceptors (Lipinski definition) is 3. The second-order valence-corrected chi connectivity index (χ2v) is 8.93. The molecule has 7 heteroatoms. The number of carbonyl (C=O) groups is 2. The average Bonchev–Trinajstić information content (AvgIpc) is 3.16. The summed E-state index contributed by atoms with van der Waals surface area (Å²) < 4.78 is 3.08. The topological polar surface area (TPSA) is 42.3 Å². The predicted molar refractivity (Wildman–Crippen MR) is 123 cm³/mol. The Hall–Kier alpha value is -2.28. The number of aromatic nitrogens is 1. The van der Waals surface area contributed by atoms with Gasteiger partial charge in [-0.1, -0.05) is 45.7 Å². The van der Waals surface area contributed by atoms with E-state index in [9.17, 15) is 9.59 Å². The lowest BCUT2D eigenvalue weighted by Gasteiger charge is -2.07. The van der Waals surface area contributed by atoms with Gasteiger partial charge in [0, 0.05) is 45.2 Å². The average molecular weight is 488 g/mol. The lowest BCUT2D eigenvalue weighted by Crippen LogP contribution is -2.27. The van der Waals surface area contributed by atoms with Crippen LogP contribution in [0, 0.1) is 0 Å². The fourth-order valence-corrected chi connectivity index (χ4v) is 4.58. The Morgan fingerprint density at radius 2 is 1.90 bits per heavy atom. The molecular formula is C22H16BrClN2O2S. The molecule has 1 aromatic heterocycles. The Bertz CT molecular complexity index is 1170. The van der Waals surface area contributed by atoms with Crippen LogP contribution in [0.25, 0.3) is 17.0 Å². The third kappa shape index (κ3) is 4.06. The van der Waals surface area contributed by atoms with Gasteiger partial charge in [0.1, 0.15) is 0 Å². The Morgan fingerprint density at radius 1 is 1.14 bits per heavy atom. The van der Waals surface area contributed by atoms with E-state index in [0.29, 0.717) is 16.5 Å². The molecule has 1 aliphatic rings. The quantitative estimate of drug-likeness (QED) is 0.312. The van der Waals surface area contributed by atoms with Crippen LogP contribution in [0.5, 0.6) is 0 Å². The number of nitrogens with zero attached hydrogens (tertiary/aromatic N) is 2. The van der Waals surface area contributed by atoms with E-state index in [-0.39, 0.29) is 17.7 Å². The minimum absolute atomic E-state index is 0.214. The van der Waals surface area contributed by atoms with Gasteiger partial charge in [0.05, 0.1) is 4.91 Å². The second-order valence-electron chi connectivity index (χ2n) is 6.58. The molecule has 2 heterocycles. The van der Waals surface area contributed by atoms with Crippen molar-refractivity contribution >= 4 is 67.4 Å². The molecule has 2 aromatic carbocycles. The molecular weight excluding hydrogens is 472 g/mol. The lowest BCUT2D eigenvalue weighted by atomic mass is 10.1. The van der Waals surface area contributed by atoms with Crippen LogP contribution in [0.15, 0.2) is 70.7 Å². The van der Waals surface area contributed by atoms with Crippen molar-refractivity contribution in [3.63, 3.8) is 0 Å². The second kappa shape index (κ2) is 8.22. The van der Waals surface area contributed by atoms with Gasteiger partial charge in [-0.15, -0.1) is 6.58 Å². The zero-order valence-corrected chi connectivity index (χ0v) is 18.4. The van der Waals surface area contributed by atoms with E-state index >= 15 is 0 Å². The van der Waals surface area contributed by atoms with E-state index < -0.39 is 0 Å². The first kappa shape index (κ1) is 20.0. The molecule has 3 aromatic rings. The summed E-state index contributed by atoms with van der Waals surface area (Å²) in [6.07, 6.45) is 5.35. The highest BCUT2D eigenvalue weighted by atomic mass is 79.9. The van der Waals surface area contributed by atoms with Gasteiger partial charge in [0.2, 0.25) is 0 Å². The minimum Gasteiger partial charge on any atom is -0.342 e. The first-order valence-electron chi connectivity index (χ1n) is 8.85. The van der Waals surface area contributed by atoms with Crippen molar-refractivity contribution in [3.05, 3.63) is 86.8 Å². The van der Waals surface area contributed by atoms with Crippen LogP contribution in [-0.2, 0) is 11.3 Å². The van der Waals surface area contributed by atoms with Crippen molar-refractivity contribution in [2.24, 2.45) is 0 Å². The van der Waals surface area contributed by atoms with Gasteiger partial charge in [-0.3, -0.25) is 14.5 Å². The maximum Gasteiger partial charge on any atom is 0.293 e. The van der Waals surface area contributed by atoms with Gasteiger partial charge in [-0.05, 0) is 53.7 Å². The third-order valence-corrected chi connectivity index (χ3v) is 6.26. The van der Waals surface area contributed by atoms with Gasteiger partial charge >= 0.3 is 0 Å². The maximum absolute atomic E-state index is 12.6. The summed E-state index contributed by atoms with van der Waals surface area (Å²) in [6, 6.07) is 13.8. The van der Waals surface area contributed by atoms with Gasteiger partial charge in [0.25, 0.3) is 11.1 Å². The van der Waals surface area contributed by atoms with Gasteiger partial charge in [0.15, 0.2) is 0 Å². The van der Waals surface area contributed by atoms with E-state index in [2.05, 4.69) is 27.1 Å². The maximum atomic E-state index is 12.6. The number of rotatable bonds is 5. The van der Waals surface area contributed by atoms with Crippen molar-refractivity contribution in [2.45, 2.75) is 6.54 Å². The van der Waals surface area contributed by atoms with Crippen molar-refractivity contribution in [1.29, 1.82) is 0 Å². The first-order valence-corrected chi connectivity index (χ1v) is 10.8. The van der Waals surface area contributed by atoms with Crippen molar-refractivity contribution < 1.29 is 9.59 Å². The number of fused-ring (bicyclic) bond motifs is 1. The van der Waals surface area contributed by atoms with Crippen molar-refractivity contribution in [3.8, 4) is 0 Å². The van der Waals surface area contributed by atoms with Crippen LogP contribution in [0.1, 0.15) is 11.1 Å². The zero-order chi connectivity index (χ0) is 20.5. The molecule has 0 spiro atoms. The molecule has 0 radical (unpaired) electrons. The largest absolute Gasteiger partial charge is 0.342 e. The molecule has 4 nitrogen and oxygen atoms in total. The molecule has 0 N–H and O–H groups in total. The van der Waals surface area contributed by atoms with Gasteiger partial charge < -0.3 is 4.57 Å². The van der Waals surface area contributed by atoms with Gasteiger partial charge in [-0.2, -0.15) is 0 Å². The summed E-state index contributed by atoms with van der Waals surface area (Å²) in [5, 5.41) is 1.43. The monoisotopic (exact) mass is 486 g/mol. The molecule has 1 aliphatic heterocycles. The summed E-state index contributed by atoms with van der Waals surface area (Å²) in [5.41, 5.74) is 3.05. The van der Waals surface area contributed by atoms with E-state index in [0.717, 1.165) is 38.3 Å². The summed E-state index contributed by atoms with van der Waals surface area (Å²) in [7, 11) is 0. The molecule has 146 valence electrons. The van der Waals surface area contributed by atoms with Gasteiger partial charge in [-0.25, -0.2) is 0 Å². The number of imide groups is 1. The number of halogens is 2. The molecule has 0 atom stereocenters. The summed E-state index contributed by atoms with van der Waals surface area (Å²) in [6.45, 7) is 4.49. The van der Waals surface area contributed by atoms with Crippen LogP contribution < -0.4 is 0 Å². The number of hydrogen-bond donors (Lipinski definition) is 0. The van der Waals surface area contributed by atoms with Crippen LogP contribution in [0.4, 0.5) is 4.79 Å². The number of carbonyl (C=O) groups excluding carboxylic acids is 2. The Balaban J connectivity index is 1.76. The van der Waals surface area contributed by atoms with Crippen LogP contribution in [0.2, 0.25) is 5.02 Å². The fraction of sp³-hybridized carbons (Fsp3) is 0.0909. The molecule has 0 aliphatic carbocycles. The van der Waals surface area contributed by atoms with Crippen molar-refractivity contribution in [2.75, 3.05) is 6.54 Å². The lowest BCUT2D eigenvalue weighted by molar-refractivity contribution is -0.122. The number of amides is 2. The Morgan fingerprint density at radius 3 is 2.62 bits per heavy atom. The summed E-state index contributed by atoms with van der Waals surface area (Å²) >= 11 is 10.5. The predicted octanol–water partition coefficient (Wildman–Crippen LogP) is 6.33. The highest BCUT2D eigenvalue weighted by Gasteiger charge is 2.34. The SMILES string of the molecule is C=CCN1C(=O)S/C(=C\c2cn(Cc3ccc(Cl)cc3)c3ccc(Br)cc23)C1=O. The molecule has 0 unspecified atom stereocenters. The summed E-state index contributed by atoms with van der Waals surface area (Å²) in [5.74, 6) is -0.284. The Kier molecular flexibility index (Phi) is 5.67. The van der Waals surface area contributed by atoms with E-state index in [4.69, 9.17) is 11.6 Å². The molecule has 1 saturated heterocycles. The molecule has 0 saturated carbocycles. The molecule has 1 fully saturated rings. The van der Waals surface area contributed by atoms with Crippen LogP contribution in [0.3, 0.4) is 0 Å². The molecule has 4 rings (SSSR count). The van der Waals surface area contributed by atoms with E-state index in [1.807, 2.05) is 48.7 Å².